The summed E-state index contributed by atoms with van der Waals surface area (Å²) in [5.41, 5.74) is 6.10. The van der Waals surface area contributed by atoms with E-state index < -0.39 is 5.82 Å². The highest BCUT2D eigenvalue weighted by Gasteiger charge is 2.13. The van der Waals surface area contributed by atoms with Crippen molar-refractivity contribution in [1.82, 2.24) is 0 Å². The third-order valence-corrected chi connectivity index (χ3v) is 2.42. The van der Waals surface area contributed by atoms with Gasteiger partial charge in [0.15, 0.2) is 0 Å². The topological polar surface area (TPSA) is 55.1 Å². The maximum absolute atomic E-state index is 13.3. The van der Waals surface area contributed by atoms with Crippen LogP contribution in [0, 0.1) is 11.7 Å². The Hall–Kier alpha value is -1.58. The molecule has 16 heavy (non-hydrogen) atoms. The zero-order chi connectivity index (χ0) is 12.1. The molecule has 0 aromatic heterocycles. The van der Waals surface area contributed by atoms with Crippen LogP contribution in [0.2, 0.25) is 0 Å². The Kier molecular flexibility index (Phi) is 4.28. The second-order valence-electron chi connectivity index (χ2n) is 3.92. The highest BCUT2D eigenvalue weighted by atomic mass is 19.1. The van der Waals surface area contributed by atoms with Crippen molar-refractivity contribution >= 4 is 17.3 Å². The van der Waals surface area contributed by atoms with Gasteiger partial charge in [-0.25, -0.2) is 4.39 Å². The lowest BCUT2D eigenvalue weighted by molar-refractivity contribution is -0.119. The molecule has 0 aliphatic rings. The molecule has 1 atom stereocenters. The van der Waals surface area contributed by atoms with Crippen molar-refractivity contribution < 1.29 is 9.18 Å². The Morgan fingerprint density at radius 2 is 2.25 bits per heavy atom. The highest BCUT2D eigenvalue weighted by Crippen LogP contribution is 2.18. The van der Waals surface area contributed by atoms with E-state index in [0.29, 0.717) is 5.69 Å². The SMILES string of the molecule is CCCC(C)C(=O)Nc1cc(N)ccc1F. The van der Waals surface area contributed by atoms with Crippen LogP contribution in [0.15, 0.2) is 18.2 Å². The first-order valence-corrected chi connectivity index (χ1v) is 5.40. The number of nitrogen functional groups attached to an aromatic ring is 1. The Labute approximate surface area is 94.8 Å². The zero-order valence-electron chi connectivity index (χ0n) is 9.59. The lowest BCUT2D eigenvalue weighted by Crippen LogP contribution is -2.20. The first-order chi connectivity index (χ1) is 7.54. The number of hydrogen-bond donors (Lipinski definition) is 2. The average Bonchev–Trinajstić information content (AvgIpc) is 2.23. The maximum atomic E-state index is 13.3. The number of carbonyl (C=O) groups excluding carboxylic acids is 1. The first-order valence-electron chi connectivity index (χ1n) is 5.40. The molecule has 0 bridgehead atoms. The first kappa shape index (κ1) is 12.5. The fourth-order valence-electron chi connectivity index (χ4n) is 1.46. The molecular formula is C12H17FN2O. The summed E-state index contributed by atoms with van der Waals surface area (Å²) in [5, 5.41) is 2.54. The monoisotopic (exact) mass is 224 g/mol. The number of rotatable bonds is 4. The van der Waals surface area contributed by atoms with E-state index in [4.69, 9.17) is 5.73 Å². The molecule has 0 radical (unpaired) electrons. The number of nitrogens with one attached hydrogen (secondary N) is 1. The minimum absolute atomic E-state index is 0.120. The van der Waals surface area contributed by atoms with Gasteiger partial charge < -0.3 is 11.1 Å². The van der Waals surface area contributed by atoms with Gasteiger partial charge in [-0.2, -0.15) is 0 Å². The molecule has 3 nitrogen and oxygen atoms in total. The predicted molar refractivity (Wildman–Crippen MR) is 63.5 cm³/mol. The van der Waals surface area contributed by atoms with Crippen molar-refractivity contribution in [3.05, 3.63) is 24.0 Å². The van der Waals surface area contributed by atoms with E-state index in [-0.39, 0.29) is 17.5 Å². The smallest absolute Gasteiger partial charge is 0.227 e. The Morgan fingerprint density at radius 1 is 1.56 bits per heavy atom. The second kappa shape index (κ2) is 5.49. The molecule has 0 aliphatic heterocycles. The van der Waals surface area contributed by atoms with Gasteiger partial charge in [-0.1, -0.05) is 20.3 Å². The number of carbonyl (C=O) groups is 1. The molecule has 1 aromatic carbocycles. The van der Waals surface area contributed by atoms with E-state index in [9.17, 15) is 9.18 Å². The quantitative estimate of drug-likeness (QED) is 0.773. The third-order valence-electron chi connectivity index (χ3n) is 2.42. The molecule has 0 spiro atoms. The average molecular weight is 224 g/mol. The van der Waals surface area contributed by atoms with Crippen molar-refractivity contribution in [3.8, 4) is 0 Å². The zero-order valence-corrected chi connectivity index (χ0v) is 9.59. The van der Waals surface area contributed by atoms with Crippen LogP contribution < -0.4 is 11.1 Å². The molecular weight excluding hydrogens is 207 g/mol. The summed E-state index contributed by atoms with van der Waals surface area (Å²) in [4.78, 5) is 11.6. The Balaban J connectivity index is 2.72. The molecule has 0 saturated carbocycles. The van der Waals surface area contributed by atoms with E-state index in [0.717, 1.165) is 12.8 Å². The van der Waals surface area contributed by atoms with Crippen LogP contribution in [-0.4, -0.2) is 5.91 Å². The fourth-order valence-corrected chi connectivity index (χ4v) is 1.46. The molecule has 3 N–H and O–H groups in total. The minimum Gasteiger partial charge on any atom is -0.399 e. The molecule has 0 heterocycles. The molecule has 0 fully saturated rings. The Bertz CT molecular complexity index is 379. The van der Waals surface area contributed by atoms with Crippen LogP contribution in [-0.2, 0) is 4.79 Å². The second-order valence-corrected chi connectivity index (χ2v) is 3.92. The van der Waals surface area contributed by atoms with Crippen LogP contribution in [0.3, 0.4) is 0 Å². The standard InChI is InChI=1S/C12H17FN2O/c1-3-4-8(2)12(16)15-11-7-9(14)5-6-10(11)13/h5-8H,3-4,14H2,1-2H3,(H,15,16). The fraction of sp³-hybridized carbons (Fsp3) is 0.417. The van der Waals surface area contributed by atoms with Gasteiger partial charge in [0, 0.05) is 11.6 Å². The van der Waals surface area contributed by atoms with Gasteiger partial charge >= 0.3 is 0 Å². The predicted octanol–water partition coefficient (Wildman–Crippen LogP) is 2.78. The molecule has 4 heteroatoms. The summed E-state index contributed by atoms with van der Waals surface area (Å²) in [6, 6.07) is 4.13. The van der Waals surface area contributed by atoms with E-state index >= 15 is 0 Å². The number of benzene rings is 1. The van der Waals surface area contributed by atoms with Crippen molar-refractivity contribution in [2.45, 2.75) is 26.7 Å². The van der Waals surface area contributed by atoms with Crippen molar-refractivity contribution in [3.63, 3.8) is 0 Å². The lowest BCUT2D eigenvalue weighted by atomic mass is 10.1. The largest absolute Gasteiger partial charge is 0.399 e. The van der Waals surface area contributed by atoms with Crippen LogP contribution >= 0.6 is 0 Å². The summed E-state index contributed by atoms with van der Waals surface area (Å²) in [6.07, 6.45) is 1.71. The number of amides is 1. The van der Waals surface area contributed by atoms with Crippen LogP contribution in [0.4, 0.5) is 15.8 Å². The van der Waals surface area contributed by atoms with Crippen LogP contribution in [0.1, 0.15) is 26.7 Å². The molecule has 0 aliphatic carbocycles. The van der Waals surface area contributed by atoms with Crippen LogP contribution in [0.5, 0.6) is 0 Å². The summed E-state index contributed by atoms with van der Waals surface area (Å²) < 4.78 is 13.3. The van der Waals surface area contributed by atoms with E-state index in [1.165, 1.54) is 18.2 Å². The van der Waals surface area contributed by atoms with Crippen molar-refractivity contribution in [1.29, 1.82) is 0 Å². The van der Waals surface area contributed by atoms with E-state index in [2.05, 4.69) is 5.32 Å². The normalized spacial score (nSPS) is 12.2. The number of anilines is 2. The van der Waals surface area contributed by atoms with Gasteiger partial charge in [0.1, 0.15) is 5.82 Å². The number of hydrogen-bond acceptors (Lipinski definition) is 2. The summed E-state index contributed by atoms with van der Waals surface area (Å²) in [6.45, 7) is 3.83. The van der Waals surface area contributed by atoms with E-state index in [1.807, 2.05) is 13.8 Å². The summed E-state index contributed by atoms with van der Waals surface area (Å²) in [7, 11) is 0. The minimum atomic E-state index is -0.466. The lowest BCUT2D eigenvalue weighted by Gasteiger charge is -2.12. The van der Waals surface area contributed by atoms with Gasteiger partial charge in [0.2, 0.25) is 5.91 Å². The molecule has 1 aromatic rings. The Morgan fingerprint density at radius 3 is 2.88 bits per heavy atom. The number of halogens is 1. The third kappa shape index (κ3) is 3.22. The molecule has 1 amide bonds. The summed E-state index contributed by atoms with van der Waals surface area (Å²) >= 11 is 0. The van der Waals surface area contributed by atoms with Gasteiger partial charge in [-0.05, 0) is 24.6 Å². The van der Waals surface area contributed by atoms with Gasteiger partial charge in [0.05, 0.1) is 5.69 Å². The molecule has 1 unspecified atom stereocenters. The molecule has 1 rings (SSSR count). The summed E-state index contributed by atoms with van der Waals surface area (Å²) in [5.74, 6) is -0.761. The molecule has 0 saturated heterocycles. The van der Waals surface area contributed by atoms with Crippen molar-refractivity contribution in [2.24, 2.45) is 5.92 Å². The maximum Gasteiger partial charge on any atom is 0.227 e. The highest BCUT2D eigenvalue weighted by molar-refractivity contribution is 5.92. The van der Waals surface area contributed by atoms with Gasteiger partial charge in [0.25, 0.3) is 0 Å². The van der Waals surface area contributed by atoms with Crippen molar-refractivity contribution in [2.75, 3.05) is 11.1 Å². The van der Waals surface area contributed by atoms with Crippen LogP contribution in [0.25, 0.3) is 0 Å². The molecule has 88 valence electrons. The van der Waals surface area contributed by atoms with Gasteiger partial charge in [-0.15, -0.1) is 0 Å². The van der Waals surface area contributed by atoms with E-state index in [1.54, 1.807) is 0 Å². The number of nitrogens with two attached hydrogens (primary N) is 1. The van der Waals surface area contributed by atoms with Gasteiger partial charge in [-0.3, -0.25) is 4.79 Å².